The summed E-state index contributed by atoms with van der Waals surface area (Å²) in [5.41, 5.74) is 6.35. The lowest BCUT2D eigenvalue weighted by atomic mass is 9.98. The Kier molecular flexibility index (Phi) is 6.05. The zero-order valence-corrected chi connectivity index (χ0v) is 12.7. The molecule has 128 valence electrons. The van der Waals surface area contributed by atoms with Gasteiger partial charge in [0.2, 0.25) is 0 Å². The summed E-state index contributed by atoms with van der Waals surface area (Å²) < 4.78 is 15.8. The van der Waals surface area contributed by atoms with Crippen molar-refractivity contribution in [2.24, 2.45) is 5.73 Å². The van der Waals surface area contributed by atoms with Gasteiger partial charge >= 0.3 is 5.97 Å². The highest BCUT2D eigenvalue weighted by Gasteiger charge is 2.43. The van der Waals surface area contributed by atoms with E-state index in [4.69, 9.17) is 25.1 Å². The number of carbonyl (C=O) groups is 1. The van der Waals surface area contributed by atoms with Gasteiger partial charge in [0.1, 0.15) is 36.4 Å². The molecule has 1 aliphatic heterocycles. The molecule has 8 heteroatoms. The largest absolute Gasteiger partial charge is 0.426 e. The summed E-state index contributed by atoms with van der Waals surface area (Å²) in [7, 11) is 0. The van der Waals surface area contributed by atoms with Crippen molar-refractivity contribution in [3.63, 3.8) is 0 Å². The summed E-state index contributed by atoms with van der Waals surface area (Å²) in [4.78, 5) is 11.1. The van der Waals surface area contributed by atoms with E-state index in [1.165, 1.54) is 6.92 Å². The average molecular weight is 327 g/mol. The van der Waals surface area contributed by atoms with Gasteiger partial charge in [-0.3, -0.25) is 4.79 Å². The van der Waals surface area contributed by atoms with E-state index in [0.717, 1.165) is 0 Å². The van der Waals surface area contributed by atoms with Crippen molar-refractivity contribution in [3.8, 4) is 5.75 Å². The van der Waals surface area contributed by atoms with Crippen LogP contribution in [0.5, 0.6) is 5.75 Å². The van der Waals surface area contributed by atoms with E-state index < -0.39 is 43.2 Å². The smallest absolute Gasteiger partial charge is 0.308 e. The molecule has 0 aliphatic carbocycles. The normalized spacial score (nSPS) is 30.9. The third-order valence-electron chi connectivity index (χ3n) is 3.56. The second kappa shape index (κ2) is 7.82. The molecule has 1 fully saturated rings. The Balaban J connectivity index is 2.04. The molecule has 1 saturated heterocycles. The van der Waals surface area contributed by atoms with E-state index in [0.29, 0.717) is 11.3 Å². The van der Waals surface area contributed by atoms with E-state index in [9.17, 15) is 15.0 Å². The molecule has 2 rings (SSSR count). The Hall–Kier alpha value is -1.55. The summed E-state index contributed by atoms with van der Waals surface area (Å²) in [6, 6.07) is 6.77. The molecular formula is C15H21NO7. The molecule has 8 nitrogen and oxygen atoms in total. The molecule has 0 saturated carbocycles. The lowest BCUT2D eigenvalue weighted by molar-refractivity contribution is -0.242. The molecular weight excluding hydrogens is 306 g/mol. The van der Waals surface area contributed by atoms with E-state index in [1.807, 2.05) is 0 Å². The number of hydrogen-bond acceptors (Lipinski definition) is 8. The maximum absolute atomic E-state index is 11.1. The third-order valence-corrected chi connectivity index (χ3v) is 3.56. The molecule has 1 heterocycles. The van der Waals surface area contributed by atoms with Crippen molar-refractivity contribution in [2.75, 3.05) is 6.61 Å². The predicted molar refractivity (Wildman–Crippen MR) is 78.3 cm³/mol. The summed E-state index contributed by atoms with van der Waals surface area (Å²) in [5, 5.41) is 29.0. The van der Waals surface area contributed by atoms with Crippen LogP contribution in [-0.4, -0.2) is 58.5 Å². The molecule has 1 unspecified atom stereocenters. The highest BCUT2D eigenvalue weighted by Crippen LogP contribution is 2.24. The lowest BCUT2D eigenvalue weighted by Crippen LogP contribution is -2.62. The number of nitrogens with two attached hydrogens (primary N) is 1. The van der Waals surface area contributed by atoms with Crippen LogP contribution in [0.1, 0.15) is 12.5 Å². The minimum atomic E-state index is -1.31. The Morgan fingerprint density at radius 2 is 2.00 bits per heavy atom. The number of esters is 1. The van der Waals surface area contributed by atoms with Crippen LogP contribution in [0.15, 0.2) is 24.3 Å². The Morgan fingerprint density at radius 3 is 2.65 bits per heavy atom. The number of ether oxygens (including phenoxy) is 3. The highest BCUT2D eigenvalue weighted by atomic mass is 16.6. The first kappa shape index (κ1) is 17.8. The van der Waals surface area contributed by atoms with Gasteiger partial charge in [-0.1, -0.05) is 18.2 Å². The van der Waals surface area contributed by atoms with E-state index in [-0.39, 0.29) is 6.61 Å². The van der Waals surface area contributed by atoms with Crippen LogP contribution in [0.25, 0.3) is 0 Å². The van der Waals surface area contributed by atoms with Crippen molar-refractivity contribution in [1.29, 1.82) is 0 Å². The number of aliphatic hydroxyl groups excluding tert-OH is 3. The summed E-state index contributed by atoms with van der Waals surface area (Å²) in [5.74, 6) is -0.120. The monoisotopic (exact) mass is 327 g/mol. The van der Waals surface area contributed by atoms with Crippen molar-refractivity contribution in [3.05, 3.63) is 29.8 Å². The molecule has 1 aromatic carbocycles. The first-order valence-electron chi connectivity index (χ1n) is 7.20. The van der Waals surface area contributed by atoms with Gasteiger partial charge < -0.3 is 35.3 Å². The first-order valence-corrected chi connectivity index (χ1v) is 7.20. The third kappa shape index (κ3) is 4.25. The van der Waals surface area contributed by atoms with Crippen molar-refractivity contribution < 1.29 is 34.3 Å². The van der Waals surface area contributed by atoms with Gasteiger partial charge in [-0.25, -0.2) is 0 Å². The van der Waals surface area contributed by atoms with E-state index >= 15 is 0 Å². The number of hydrogen-bond donors (Lipinski definition) is 4. The SMILES string of the molecule is CC(=O)Oc1ccccc1CO[C@H]1C(N)O[C@H](CO)[C@H](O)[C@@H]1O. The Labute approximate surface area is 133 Å². The van der Waals surface area contributed by atoms with Gasteiger partial charge in [0, 0.05) is 12.5 Å². The molecule has 5 atom stereocenters. The van der Waals surface area contributed by atoms with Crippen molar-refractivity contribution in [2.45, 2.75) is 44.2 Å². The fourth-order valence-corrected chi connectivity index (χ4v) is 2.38. The van der Waals surface area contributed by atoms with Gasteiger partial charge in [-0.05, 0) is 6.07 Å². The van der Waals surface area contributed by atoms with Gasteiger partial charge in [-0.2, -0.15) is 0 Å². The quantitative estimate of drug-likeness (QED) is 0.396. The van der Waals surface area contributed by atoms with Crippen LogP contribution in [0.3, 0.4) is 0 Å². The lowest BCUT2D eigenvalue weighted by Gasteiger charge is -2.40. The second-order valence-electron chi connectivity index (χ2n) is 5.28. The number of benzene rings is 1. The van der Waals surface area contributed by atoms with Crippen LogP contribution < -0.4 is 10.5 Å². The topological polar surface area (TPSA) is 131 Å². The van der Waals surface area contributed by atoms with Gasteiger partial charge in [0.05, 0.1) is 13.2 Å². The van der Waals surface area contributed by atoms with Crippen LogP contribution in [0, 0.1) is 0 Å². The molecule has 23 heavy (non-hydrogen) atoms. The zero-order valence-electron chi connectivity index (χ0n) is 12.7. The number of aliphatic hydroxyl groups is 3. The Morgan fingerprint density at radius 1 is 1.30 bits per heavy atom. The van der Waals surface area contributed by atoms with Crippen LogP contribution in [0.4, 0.5) is 0 Å². The molecule has 5 N–H and O–H groups in total. The molecule has 0 radical (unpaired) electrons. The summed E-state index contributed by atoms with van der Waals surface area (Å²) >= 11 is 0. The first-order chi connectivity index (χ1) is 10.9. The van der Waals surface area contributed by atoms with Crippen LogP contribution in [-0.2, 0) is 20.9 Å². The van der Waals surface area contributed by atoms with Crippen LogP contribution >= 0.6 is 0 Å². The minimum Gasteiger partial charge on any atom is -0.426 e. The Bertz CT molecular complexity index is 538. The van der Waals surface area contributed by atoms with Gasteiger partial charge in [-0.15, -0.1) is 0 Å². The fraction of sp³-hybridized carbons (Fsp3) is 0.533. The molecule has 1 aromatic rings. The van der Waals surface area contributed by atoms with Crippen molar-refractivity contribution in [1.82, 2.24) is 0 Å². The minimum absolute atomic E-state index is 0.00124. The maximum Gasteiger partial charge on any atom is 0.308 e. The van der Waals surface area contributed by atoms with Crippen molar-refractivity contribution >= 4 is 5.97 Å². The second-order valence-corrected chi connectivity index (χ2v) is 5.28. The standard InChI is InChI=1S/C15H21NO7/c1-8(18)22-10-5-3-2-4-9(10)7-21-14-13(20)12(19)11(6-17)23-15(14)16/h2-5,11-15,17,19-20H,6-7,16H2,1H3/t11-,12+,13+,14-,15?/m1/s1. The molecule has 0 aromatic heterocycles. The number of rotatable bonds is 5. The average Bonchev–Trinajstić information content (AvgIpc) is 2.51. The molecule has 1 aliphatic rings. The summed E-state index contributed by atoms with van der Waals surface area (Å²) in [6.07, 6.45) is -5.58. The van der Waals surface area contributed by atoms with Crippen LogP contribution in [0.2, 0.25) is 0 Å². The number of carbonyl (C=O) groups excluding carboxylic acids is 1. The molecule has 0 amide bonds. The van der Waals surface area contributed by atoms with Gasteiger partial charge in [0.15, 0.2) is 0 Å². The molecule has 0 spiro atoms. The van der Waals surface area contributed by atoms with E-state index in [1.54, 1.807) is 24.3 Å². The number of para-hydroxylation sites is 1. The highest BCUT2D eigenvalue weighted by molar-refractivity contribution is 5.69. The predicted octanol–water partition coefficient (Wildman–Crippen LogP) is -1.11. The zero-order chi connectivity index (χ0) is 17.0. The summed E-state index contributed by atoms with van der Waals surface area (Å²) in [6.45, 7) is 0.824. The fourth-order valence-electron chi connectivity index (χ4n) is 2.38. The van der Waals surface area contributed by atoms with E-state index in [2.05, 4.69) is 0 Å². The molecule has 0 bridgehead atoms. The maximum atomic E-state index is 11.1. The van der Waals surface area contributed by atoms with Gasteiger partial charge in [0.25, 0.3) is 0 Å².